The van der Waals surface area contributed by atoms with Gasteiger partial charge in [-0.1, -0.05) is 0 Å². The third kappa shape index (κ3) is 1.80. The van der Waals surface area contributed by atoms with Gasteiger partial charge < -0.3 is 10.8 Å². The fourth-order valence-electron chi connectivity index (χ4n) is 4.96. The summed E-state index contributed by atoms with van der Waals surface area (Å²) in [6.07, 6.45) is 8.22. The van der Waals surface area contributed by atoms with E-state index in [9.17, 15) is 5.11 Å². The Morgan fingerprint density at radius 2 is 1.56 bits per heavy atom. The van der Waals surface area contributed by atoms with Crippen molar-refractivity contribution < 1.29 is 5.11 Å². The van der Waals surface area contributed by atoms with Crippen LogP contribution in [0.15, 0.2) is 0 Å². The van der Waals surface area contributed by atoms with Gasteiger partial charge in [-0.25, -0.2) is 0 Å². The van der Waals surface area contributed by atoms with Crippen molar-refractivity contribution in [2.75, 3.05) is 6.54 Å². The van der Waals surface area contributed by atoms with E-state index in [1.54, 1.807) is 0 Å². The topological polar surface area (TPSA) is 46.2 Å². The summed E-state index contributed by atoms with van der Waals surface area (Å²) in [6, 6.07) is 0. The average Bonchev–Trinajstić information content (AvgIpc) is 2.22. The van der Waals surface area contributed by atoms with Gasteiger partial charge in [0, 0.05) is 6.54 Å². The van der Waals surface area contributed by atoms with Gasteiger partial charge in [-0.15, -0.1) is 0 Å². The second kappa shape index (κ2) is 3.71. The van der Waals surface area contributed by atoms with Crippen LogP contribution in [0.5, 0.6) is 0 Å². The molecule has 0 heterocycles. The predicted molar refractivity (Wildman–Crippen MR) is 64.8 cm³/mol. The van der Waals surface area contributed by atoms with Crippen LogP contribution in [-0.2, 0) is 0 Å². The average molecular weight is 223 g/mol. The fraction of sp³-hybridized carbons (Fsp3) is 1.00. The lowest BCUT2D eigenvalue weighted by Crippen LogP contribution is -2.48. The van der Waals surface area contributed by atoms with Crippen LogP contribution < -0.4 is 5.73 Å². The molecule has 0 aromatic rings. The lowest BCUT2D eigenvalue weighted by molar-refractivity contribution is -0.0727. The first kappa shape index (κ1) is 11.0. The summed E-state index contributed by atoms with van der Waals surface area (Å²) in [6.45, 7) is 2.33. The SMILES string of the molecule is CC(O)(CN)CC1C2CC3CC(C2)CC1C3. The molecular formula is C14H25NO. The van der Waals surface area contributed by atoms with Crippen LogP contribution >= 0.6 is 0 Å². The van der Waals surface area contributed by atoms with Gasteiger partial charge in [-0.05, 0) is 75.0 Å². The van der Waals surface area contributed by atoms with Crippen molar-refractivity contribution in [3.05, 3.63) is 0 Å². The zero-order chi connectivity index (χ0) is 11.3. The van der Waals surface area contributed by atoms with Crippen molar-refractivity contribution in [3.8, 4) is 0 Å². The molecule has 0 spiro atoms. The first-order valence-corrected chi connectivity index (χ1v) is 7.00. The summed E-state index contributed by atoms with van der Waals surface area (Å²) in [5, 5.41) is 10.2. The highest BCUT2D eigenvalue weighted by Gasteiger charge is 2.49. The van der Waals surface area contributed by atoms with Crippen molar-refractivity contribution in [3.63, 3.8) is 0 Å². The Labute approximate surface area is 98.6 Å². The van der Waals surface area contributed by atoms with Crippen molar-refractivity contribution >= 4 is 0 Å². The molecule has 0 radical (unpaired) electrons. The summed E-state index contributed by atoms with van der Waals surface area (Å²) in [7, 11) is 0. The van der Waals surface area contributed by atoms with Crippen LogP contribution in [0.25, 0.3) is 0 Å². The molecule has 1 unspecified atom stereocenters. The molecule has 4 bridgehead atoms. The molecule has 0 aromatic carbocycles. The Morgan fingerprint density at radius 1 is 1.06 bits per heavy atom. The number of hydrogen-bond acceptors (Lipinski definition) is 2. The van der Waals surface area contributed by atoms with E-state index >= 15 is 0 Å². The normalized spacial score (nSPS) is 49.3. The van der Waals surface area contributed by atoms with Crippen LogP contribution in [0.1, 0.15) is 45.4 Å². The van der Waals surface area contributed by atoms with Crippen molar-refractivity contribution in [2.45, 2.75) is 51.0 Å². The maximum atomic E-state index is 10.2. The molecule has 4 rings (SSSR count). The van der Waals surface area contributed by atoms with Crippen LogP contribution in [0.3, 0.4) is 0 Å². The lowest BCUT2D eigenvalue weighted by atomic mass is 9.50. The van der Waals surface area contributed by atoms with E-state index in [0.29, 0.717) is 6.54 Å². The van der Waals surface area contributed by atoms with Gasteiger partial charge in [0.1, 0.15) is 0 Å². The molecule has 4 fully saturated rings. The molecule has 0 aromatic heterocycles. The Morgan fingerprint density at radius 3 is 2.00 bits per heavy atom. The Balaban J connectivity index is 1.72. The molecule has 92 valence electrons. The number of nitrogens with two attached hydrogens (primary N) is 1. The molecule has 2 heteroatoms. The van der Waals surface area contributed by atoms with Gasteiger partial charge in [-0.3, -0.25) is 0 Å². The molecule has 0 amide bonds. The largest absolute Gasteiger partial charge is 0.389 e. The summed E-state index contributed by atoms with van der Waals surface area (Å²) >= 11 is 0. The van der Waals surface area contributed by atoms with E-state index in [4.69, 9.17) is 5.73 Å². The third-order valence-electron chi connectivity index (χ3n) is 5.54. The number of rotatable bonds is 3. The van der Waals surface area contributed by atoms with Crippen LogP contribution in [0.4, 0.5) is 0 Å². The summed E-state index contributed by atoms with van der Waals surface area (Å²) in [5.74, 6) is 4.65. The Bertz CT molecular complexity index is 246. The van der Waals surface area contributed by atoms with Gasteiger partial charge in [0.2, 0.25) is 0 Å². The van der Waals surface area contributed by atoms with Crippen LogP contribution in [-0.4, -0.2) is 17.3 Å². The van der Waals surface area contributed by atoms with E-state index in [2.05, 4.69) is 0 Å². The molecule has 3 N–H and O–H groups in total. The zero-order valence-electron chi connectivity index (χ0n) is 10.4. The van der Waals surface area contributed by atoms with Crippen molar-refractivity contribution in [1.82, 2.24) is 0 Å². The molecule has 1 atom stereocenters. The highest BCUT2D eigenvalue weighted by molar-refractivity contribution is 4.99. The lowest BCUT2D eigenvalue weighted by Gasteiger charge is -2.55. The van der Waals surface area contributed by atoms with E-state index in [1.807, 2.05) is 6.92 Å². The van der Waals surface area contributed by atoms with Gasteiger partial charge in [-0.2, -0.15) is 0 Å². The molecule has 4 aliphatic carbocycles. The van der Waals surface area contributed by atoms with Gasteiger partial charge in [0.15, 0.2) is 0 Å². The Kier molecular flexibility index (Phi) is 2.56. The minimum Gasteiger partial charge on any atom is -0.389 e. The van der Waals surface area contributed by atoms with Gasteiger partial charge in [0.05, 0.1) is 5.60 Å². The van der Waals surface area contributed by atoms with Crippen LogP contribution in [0, 0.1) is 29.6 Å². The maximum absolute atomic E-state index is 10.2. The summed E-state index contributed by atoms with van der Waals surface area (Å²) in [5.41, 5.74) is 5.03. The van der Waals surface area contributed by atoms with Gasteiger partial charge in [0.25, 0.3) is 0 Å². The highest BCUT2D eigenvalue weighted by Crippen LogP contribution is 2.58. The fourth-order valence-corrected chi connectivity index (χ4v) is 4.96. The molecule has 0 saturated heterocycles. The zero-order valence-corrected chi connectivity index (χ0v) is 10.4. The first-order chi connectivity index (χ1) is 7.57. The Hall–Kier alpha value is -0.0800. The minimum atomic E-state index is -0.625. The number of aliphatic hydroxyl groups is 1. The van der Waals surface area contributed by atoms with E-state index in [0.717, 1.165) is 36.0 Å². The van der Waals surface area contributed by atoms with E-state index in [1.165, 1.54) is 32.1 Å². The standard InChI is InChI=1S/C14H25NO/c1-14(16,8-15)7-13-11-3-9-2-10(5-11)6-12(13)4-9/h9-13,16H,2-8,15H2,1H3. The van der Waals surface area contributed by atoms with Gasteiger partial charge >= 0.3 is 0 Å². The number of hydrogen-bond donors (Lipinski definition) is 2. The minimum absolute atomic E-state index is 0.412. The molecule has 16 heavy (non-hydrogen) atoms. The highest BCUT2D eigenvalue weighted by atomic mass is 16.3. The van der Waals surface area contributed by atoms with Crippen molar-refractivity contribution in [1.29, 1.82) is 0 Å². The van der Waals surface area contributed by atoms with E-state index in [-0.39, 0.29) is 0 Å². The molecule has 4 saturated carbocycles. The summed E-state index contributed by atoms with van der Waals surface area (Å²) < 4.78 is 0. The maximum Gasteiger partial charge on any atom is 0.0744 e. The summed E-state index contributed by atoms with van der Waals surface area (Å²) in [4.78, 5) is 0. The second-order valence-corrected chi connectivity index (χ2v) is 7.00. The monoisotopic (exact) mass is 223 g/mol. The third-order valence-corrected chi connectivity index (χ3v) is 5.54. The smallest absolute Gasteiger partial charge is 0.0744 e. The molecule has 4 aliphatic rings. The molecule has 0 aliphatic heterocycles. The van der Waals surface area contributed by atoms with Crippen LogP contribution in [0.2, 0.25) is 0 Å². The second-order valence-electron chi connectivity index (χ2n) is 7.00. The predicted octanol–water partition coefficient (Wildman–Crippen LogP) is 2.16. The first-order valence-electron chi connectivity index (χ1n) is 7.00. The quantitative estimate of drug-likeness (QED) is 0.770. The molecular weight excluding hydrogens is 198 g/mol. The molecule has 2 nitrogen and oxygen atoms in total. The van der Waals surface area contributed by atoms with E-state index < -0.39 is 5.60 Å². The van der Waals surface area contributed by atoms with Crippen molar-refractivity contribution in [2.24, 2.45) is 35.3 Å².